The average Bonchev–Trinajstić information content (AvgIpc) is 3.04. The van der Waals surface area contributed by atoms with E-state index in [0.717, 1.165) is 30.0 Å². The van der Waals surface area contributed by atoms with Gasteiger partial charge in [-0.15, -0.1) is 11.8 Å². The normalized spacial score (nSPS) is 22.7. The first-order valence-electron chi connectivity index (χ1n) is 12.2. The number of likely N-dealkylation sites (N-methyl/N-ethyl adjacent to an activating group) is 1. The van der Waals surface area contributed by atoms with Crippen molar-refractivity contribution in [2.24, 2.45) is 0 Å². The first kappa shape index (κ1) is 26.9. The van der Waals surface area contributed by atoms with Crippen molar-refractivity contribution in [3.05, 3.63) is 51.9 Å². The van der Waals surface area contributed by atoms with Gasteiger partial charge in [0.15, 0.2) is 0 Å². The van der Waals surface area contributed by atoms with E-state index in [4.69, 9.17) is 4.74 Å². The van der Waals surface area contributed by atoms with E-state index < -0.39 is 46.3 Å². The molecule has 3 aromatic rings. The maximum atomic E-state index is 15.0. The number of nitrogens with zero attached hydrogens (tertiary/aromatic N) is 4. The molecule has 204 valence electrons. The van der Waals surface area contributed by atoms with Crippen LogP contribution in [0.4, 0.5) is 27.8 Å². The highest BCUT2D eigenvalue weighted by Crippen LogP contribution is 2.49. The number of methoxy groups -OCH3 is 1. The summed E-state index contributed by atoms with van der Waals surface area (Å²) < 4.78 is 79.5. The van der Waals surface area contributed by atoms with E-state index in [1.54, 1.807) is 0 Å². The third-order valence-electron chi connectivity index (χ3n) is 7.50. The fraction of sp³-hybridized carbons (Fsp3) is 0.462. The van der Waals surface area contributed by atoms with Crippen molar-refractivity contribution in [3.8, 4) is 11.1 Å². The molecule has 1 aromatic heterocycles. The lowest BCUT2D eigenvalue weighted by atomic mass is 9.95. The van der Waals surface area contributed by atoms with Crippen molar-refractivity contribution < 1.29 is 26.7 Å². The maximum Gasteiger partial charge on any atom is 0.417 e. The number of aromatic nitrogens is 2. The maximum absolute atomic E-state index is 15.0. The van der Waals surface area contributed by atoms with Crippen molar-refractivity contribution in [3.63, 3.8) is 0 Å². The molecule has 3 heterocycles. The van der Waals surface area contributed by atoms with Crippen molar-refractivity contribution in [2.45, 2.75) is 49.7 Å². The van der Waals surface area contributed by atoms with Gasteiger partial charge in [-0.3, -0.25) is 9.47 Å². The Morgan fingerprint density at radius 3 is 2.37 bits per heavy atom. The van der Waals surface area contributed by atoms with Gasteiger partial charge in [0.2, 0.25) is 0 Å². The largest absolute Gasteiger partial charge is 0.417 e. The third-order valence-corrected chi connectivity index (χ3v) is 8.72. The summed E-state index contributed by atoms with van der Waals surface area (Å²) in [5, 5.41) is 0.159. The van der Waals surface area contributed by atoms with E-state index in [0.29, 0.717) is 19.2 Å². The second-order valence-corrected chi connectivity index (χ2v) is 10.9. The predicted molar refractivity (Wildman–Crippen MR) is 137 cm³/mol. The molecule has 12 heteroatoms. The van der Waals surface area contributed by atoms with Gasteiger partial charge in [0.1, 0.15) is 17.5 Å². The Morgan fingerprint density at radius 1 is 1.08 bits per heavy atom. The van der Waals surface area contributed by atoms with Crippen LogP contribution >= 0.6 is 11.8 Å². The SMILES string of the molecule is CO[C@@H]1CSc2c(-c3ccc(F)cc3F)c(C(F)(F)F)cc3c(N4C[C@@H](C)N(C)[C@@H](C)C4)nc(=O)n(c23)C1. The fourth-order valence-corrected chi connectivity index (χ4v) is 6.60. The number of anilines is 1. The number of benzene rings is 2. The molecule has 0 radical (unpaired) electrons. The molecule has 0 amide bonds. The van der Waals surface area contributed by atoms with Crippen molar-refractivity contribution in [1.82, 2.24) is 14.5 Å². The van der Waals surface area contributed by atoms with Gasteiger partial charge in [0.25, 0.3) is 0 Å². The standard InChI is InChI=1S/C26H27F5N4O2S/c1-13-9-34(10-14(2)33(13)3)24-18-8-19(26(29,30)31)21(17-6-5-15(27)7-20(17)28)23-22(18)35(25(36)32-24)11-16(37-4)12-38-23/h5-8,13-14,16H,9-12H2,1-4H3/t13-,14+,16-/m0/s1. The summed E-state index contributed by atoms with van der Waals surface area (Å²) in [6.07, 6.45) is -5.36. The summed E-state index contributed by atoms with van der Waals surface area (Å²) in [4.78, 5) is 21.8. The van der Waals surface area contributed by atoms with Gasteiger partial charge in [0, 0.05) is 65.5 Å². The van der Waals surface area contributed by atoms with Gasteiger partial charge >= 0.3 is 11.9 Å². The van der Waals surface area contributed by atoms with Crippen molar-refractivity contribution in [2.75, 3.05) is 37.9 Å². The van der Waals surface area contributed by atoms with Gasteiger partial charge in [-0.25, -0.2) is 13.6 Å². The molecule has 0 unspecified atom stereocenters. The highest BCUT2D eigenvalue weighted by molar-refractivity contribution is 7.99. The molecule has 1 fully saturated rings. The monoisotopic (exact) mass is 554 g/mol. The van der Waals surface area contributed by atoms with Gasteiger partial charge < -0.3 is 9.64 Å². The van der Waals surface area contributed by atoms with E-state index in [9.17, 15) is 22.4 Å². The first-order chi connectivity index (χ1) is 17.9. The van der Waals surface area contributed by atoms with Crippen LogP contribution in [-0.4, -0.2) is 65.6 Å². The molecule has 38 heavy (non-hydrogen) atoms. The molecule has 2 aromatic carbocycles. The van der Waals surface area contributed by atoms with Crippen molar-refractivity contribution >= 4 is 28.5 Å². The van der Waals surface area contributed by atoms with Crippen LogP contribution in [0.25, 0.3) is 22.0 Å². The lowest BCUT2D eigenvalue weighted by Crippen LogP contribution is -2.55. The predicted octanol–water partition coefficient (Wildman–Crippen LogP) is 5.01. The van der Waals surface area contributed by atoms with Crippen LogP contribution in [0.15, 0.2) is 34.0 Å². The zero-order chi connectivity index (χ0) is 27.5. The van der Waals surface area contributed by atoms with Crippen molar-refractivity contribution in [1.29, 1.82) is 0 Å². The van der Waals surface area contributed by atoms with Gasteiger partial charge in [-0.1, -0.05) is 0 Å². The lowest BCUT2D eigenvalue weighted by molar-refractivity contribution is -0.137. The molecule has 2 aliphatic heterocycles. The zero-order valence-corrected chi connectivity index (χ0v) is 22.1. The molecule has 5 rings (SSSR count). The Bertz CT molecular complexity index is 1450. The second kappa shape index (κ2) is 9.80. The molecule has 0 N–H and O–H groups in total. The molecule has 0 aliphatic carbocycles. The summed E-state index contributed by atoms with van der Waals surface area (Å²) in [5.74, 6) is -1.63. The molecule has 2 aliphatic rings. The van der Waals surface area contributed by atoms with Crippen LogP contribution in [0.1, 0.15) is 19.4 Å². The summed E-state index contributed by atoms with van der Waals surface area (Å²) >= 11 is 1.07. The lowest BCUT2D eigenvalue weighted by Gasteiger charge is -2.43. The van der Waals surface area contributed by atoms with Crippen LogP contribution in [0, 0.1) is 11.6 Å². The van der Waals surface area contributed by atoms with Crippen LogP contribution in [0.5, 0.6) is 0 Å². The van der Waals surface area contributed by atoms with E-state index >= 15 is 4.39 Å². The Hall–Kier alpha value is -2.70. The minimum Gasteiger partial charge on any atom is -0.379 e. The van der Waals surface area contributed by atoms with E-state index in [1.165, 1.54) is 11.7 Å². The molecular formula is C26H27F5N4O2S. The molecule has 0 saturated carbocycles. The Morgan fingerprint density at radius 2 is 1.76 bits per heavy atom. The molecule has 3 atom stereocenters. The Balaban J connectivity index is 1.89. The van der Waals surface area contributed by atoms with Crippen LogP contribution in [0.3, 0.4) is 0 Å². The summed E-state index contributed by atoms with van der Waals surface area (Å²) in [5.41, 5.74) is -2.26. The molecule has 1 saturated heterocycles. The van der Waals surface area contributed by atoms with Gasteiger partial charge in [-0.2, -0.15) is 18.2 Å². The highest BCUT2D eigenvalue weighted by Gasteiger charge is 2.39. The average molecular weight is 555 g/mol. The molecule has 6 nitrogen and oxygen atoms in total. The van der Waals surface area contributed by atoms with Crippen LogP contribution in [-0.2, 0) is 17.5 Å². The van der Waals surface area contributed by atoms with Crippen LogP contribution < -0.4 is 10.6 Å². The smallest absolute Gasteiger partial charge is 0.379 e. The van der Waals surface area contributed by atoms with E-state index in [-0.39, 0.29) is 46.0 Å². The third kappa shape index (κ3) is 4.56. The topological polar surface area (TPSA) is 50.6 Å². The number of thioether (sulfide) groups is 1. The number of halogens is 5. The first-order valence-corrected chi connectivity index (χ1v) is 13.2. The molecule has 0 spiro atoms. The number of ether oxygens (including phenoxy) is 1. The van der Waals surface area contributed by atoms with E-state index in [2.05, 4.69) is 9.88 Å². The number of hydrogen-bond acceptors (Lipinski definition) is 6. The second-order valence-electron chi connectivity index (χ2n) is 9.91. The highest BCUT2D eigenvalue weighted by atomic mass is 32.2. The summed E-state index contributed by atoms with van der Waals surface area (Å²) in [6, 6.07) is 3.57. The minimum absolute atomic E-state index is 0.0649. The number of alkyl halides is 3. The Kier molecular flexibility index (Phi) is 6.93. The summed E-state index contributed by atoms with van der Waals surface area (Å²) in [6.45, 7) is 5.00. The molecule has 0 bridgehead atoms. The number of piperazine rings is 1. The zero-order valence-electron chi connectivity index (χ0n) is 21.3. The minimum atomic E-state index is -4.87. The van der Waals surface area contributed by atoms with Gasteiger partial charge in [-0.05, 0) is 39.1 Å². The Labute approximate surface area is 220 Å². The quantitative estimate of drug-likeness (QED) is 0.425. The fourth-order valence-electron chi connectivity index (χ4n) is 5.28. The number of rotatable bonds is 3. The van der Waals surface area contributed by atoms with E-state index in [1.807, 2.05) is 25.8 Å². The number of hydrogen-bond donors (Lipinski definition) is 0. The van der Waals surface area contributed by atoms with Crippen LogP contribution in [0.2, 0.25) is 0 Å². The summed E-state index contributed by atoms with van der Waals surface area (Å²) in [7, 11) is 3.43. The molecular weight excluding hydrogens is 527 g/mol. The van der Waals surface area contributed by atoms with Gasteiger partial charge in [0.05, 0.1) is 23.7 Å².